The normalized spacial score (nSPS) is 12.5. The highest BCUT2D eigenvalue weighted by molar-refractivity contribution is 9.10. The van der Waals surface area contributed by atoms with Gasteiger partial charge in [0.2, 0.25) is 21.8 Å². The fourth-order valence-electron chi connectivity index (χ4n) is 3.55. The van der Waals surface area contributed by atoms with Crippen LogP contribution in [0.5, 0.6) is 5.75 Å². The first kappa shape index (κ1) is 28.6. The van der Waals surface area contributed by atoms with Crippen LogP contribution < -0.4 is 14.4 Å². The van der Waals surface area contributed by atoms with Crippen molar-refractivity contribution in [1.82, 2.24) is 10.2 Å². The predicted molar refractivity (Wildman–Crippen MR) is 142 cm³/mol. The van der Waals surface area contributed by atoms with Crippen LogP contribution in [0.3, 0.4) is 0 Å². The van der Waals surface area contributed by atoms with Crippen molar-refractivity contribution >= 4 is 43.5 Å². The van der Waals surface area contributed by atoms with Crippen molar-refractivity contribution in [2.75, 3.05) is 24.2 Å². The summed E-state index contributed by atoms with van der Waals surface area (Å²) in [5.74, 6) is -0.118. The zero-order valence-corrected chi connectivity index (χ0v) is 23.4. The molecule has 2 aromatic carbocycles. The molecule has 1 unspecified atom stereocenters. The molecule has 2 amide bonds. The van der Waals surface area contributed by atoms with E-state index in [1.54, 1.807) is 43.5 Å². The van der Waals surface area contributed by atoms with Crippen molar-refractivity contribution in [1.29, 1.82) is 0 Å². The van der Waals surface area contributed by atoms with E-state index >= 15 is 0 Å². The van der Waals surface area contributed by atoms with Gasteiger partial charge >= 0.3 is 0 Å². The Bertz CT molecular complexity index is 1130. The minimum absolute atomic E-state index is 0.131. The molecule has 0 aliphatic rings. The summed E-state index contributed by atoms with van der Waals surface area (Å²) in [6, 6.07) is 13.2. The van der Waals surface area contributed by atoms with Gasteiger partial charge in [0.15, 0.2) is 0 Å². The van der Waals surface area contributed by atoms with Crippen LogP contribution >= 0.6 is 15.9 Å². The Balaban J connectivity index is 2.46. The molecule has 0 spiro atoms. The molecule has 0 aromatic heterocycles. The lowest BCUT2D eigenvalue weighted by Crippen LogP contribution is -2.55. The smallest absolute Gasteiger partial charge is 0.244 e. The number of methoxy groups -OCH3 is 1. The van der Waals surface area contributed by atoms with Crippen LogP contribution in [0.4, 0.5) is 5.69 Å². The van der Waals surface area contributed by atoms with Crippen LogP contribution in [0.1, 0.15) is 39.7 Å². The number of anilines is 1. The van der Waals surface area contributed by atoms with E-state index in [1.165, 1.54) is 4.90 Å². The van der Waals surface area contributed by atoms with Crippen LogP contribution in [-0.4, -0.2) is 56.6 Å². The zero-order valence-electron chi connectivity index (χ0n) is 21.0. The summed E-state index contributed by atoms with van der Waals surface area (Å²) in [5, 5.41) is 2.94. The summed E-state index contributed by atoms with van der Waals surface area (Å²) in [6.45, 7) is 7.11. The minimum atomic E-state index is -3.79. The number of halogens is 1. The Labute approximate surface area is 216 Å². The standard InChI is InChI=1S/C25H34BrN3O5S/c1-7-21(24(31)27-25(2,3)4)28(16-18-12-14-19(34-5)15-13-18)23(30)17-29(35(6,32)33)22-11-9-8-10-20(22)26/h8-15,21H,7,16-17H2,1-6H3,(H,27,31). The van der Waals surface area contributed by atoms with Gasteiger partial charge in [-0.25, -0.2) is 8.42 Å². The van der Waals surface area contributed by atoms with Crippen LogP contribution in [0.15, 0.2) is 53.0 Å². The molecule has 0 saturated carbocycles. The fourth-order valence-corrected chi connectivity index (χ4v) is 5.03. The number of carbonyl (C=O) groups is 2. The molecule has 0 saturated heterocycles. The van der Waals surface area contributed by atoms with Crippen molar-refractivity contribution in [3.63, 3.8) is 0 Å². The molecule has 2 aromatic rings. The third kappa shape index (κ3) is 8.24. The Kier molecular flexibility index (Phi) is 9.74. The Morgan fingerprint density at radius 1 is 1.09 bits per heavy atom. The van der Waals surface area contributed by atoms with Gasteiger partial charge in [0.05, 0.1) is 19.1 Å². The average molecular weight is 569 g/mol. The molecule has 0 fully saturated rings. The van der Waals surface area contributed by atoms with Crippen LogP contribution in [0.25, 0.3) is 0 Å². The van der Waals surface area contributed by atoms with Gasteiger partial charge in [0.25, 0.3) is 0 Å². The van der Waals surface area contributed by atoms with Crippen LogP contribution in [0, 0.1) is 0 Å². The second-order valence-corrected chi connectivity index (χ2v) is 12.0. The molecule has 0 heterocycles. The van der Waals surface area contributed by atoms with E-state index in [0.29, 0.717) is 22.3 Å². The molecule has 1 atom stereocenters. The summed E-state index contributed by atoms with van der Waals surface area (Å²) < 4.78 is 32.1. The number of hydrogen-bond acceptors (Lipinski definition) is 5. The monoisotopic (exact) mass is 567 g/mol. The number of rotatable bonds is 10. The molecule has 0 bridgehead atoms. The average Bonchev–Trinajstić information content (AvgIpc) is 2.76. The maximum Gasteiger partial charge on any atom is 0.244 e. The SMILES string of the molecule is CCC(C(=O)NC(C)(C)C)N(Cc1ccc(OC)cc1)C(=O)CN(c1ccccc1Br)S(C)(=O)=O. The van der Waals surface area contributed by atoms with Crippen molar-refractivity contribution in [2.24, 2.45) is 0 Å². The first-order chi connectivity index (χ1) is 16.3. The van der Waals surface area contributed by atoms with E-state index in [-0.39, 0.29) is 12.5 Å². The molecule has 1 N–H and O–H groups in total. The van der Waals surface area contributed by atoms with Crippen molar-refractivity contribution < 1.29 is 22.7 Å². The summed E-state index contributed by atoms with van der Waals surface area (Å²) in [7, 11) is -2.23. The third-order valence-corrected chi connectivity index (χ3v) is 6.99. The van der Waals surface area contributed by atoms with Gasteiger partial charge in [-0.1, -0.05) is 31.2 Å². The maximum absolute atomic E-state index is 13.7. The third-order valence-electron chi connectivity index (χ3n) is 5.20. The highest BCUT2D eigenvalue weighted by atomic mass is 79.9. The van der Waals surface area contributed by atoms with Gasteiger partial charge < -0.3 is 15.0 Å². The van der Waals surface area contributed by atoms with Gasteiger partial charge in [0.1, 0.15) is 18.3 Å². The molecule has 0 aliphatic carbocycles. The highest BCUT2D eigenvalue weighted by Crippen LogP contribution is 2.28. The van der Waals surface area contributed by atoms with E-state index in [1.807, 2.05) is 39.8 Å². The van der Waals surface area contributed by atoms with Gasteiger partial charge in [-0.3, -0.25) is 13.9 Å². The first-order valence-electron chi connectivity index (χ1n) is 11.2. The Morgan fingerprint density at radius 2 is 1.69 bits per heavy atom. The molecular weight excluding hydrogens is 534 g/mol. The van der Waals surface area contributed by atoms with E-state index in [0.717, 1.165) is 16.1 Å². The lowest BCUT2D eigenvalue weighted by atomic mass is 10.1. The predicted octanol–water partition coefficient (Wildman–Crippen LogP) is 3.95. The first-order valence-corrected chi connectivity index (χ1v) is 13.9. The summed E-state index contributed by atoms with van der Waals surface area (Å²) >= 11 is 3.38. The lowest BCUT2D eigenvalue weighted by molar-refractivity contribution is -0.141. The largest absolute Gasteiger partial charge is 0.497 e. The molecular formula is C25H34BrN3O5S. The van der Waals surface area contributed by atoms with Crippen molar-refractivity contribution in [3.05, 3.63) is 58.6 Å². The minimum Gasteiger partial charge on any atom is -0.497 e. The number of amides is 2. The molecule has 0 aliphatic heterocycles. The van der Waals surface area contributed by atoms with Gasteiger partial charge in [-0.05, 0) is 73.0 Å². The molecule has 192 valence electrons. The summed E-state index contributed by atoms with van der Waals surface area (Å²) in [4.78, 5) is 28.3. The number of benzene rings is 2. The Hall–Kier alpha value is -2.59. The second-order valence-electron chi connectivity index (χ2n) is 9.25. The quantitative estimate of drug-likeness (QED) is 0.469. The second kappa shape index (κ2) is 11.9. The summed E-state index contributed by atoms with van der Waals surface area (Å²) in [5.41, 5.74) is 0.639. The topological polar surface area (TPSA) is 96.0 Å². The number of nitrogens with one attached hydrogen (secondary N) is 1. The van der Waals surface area contributed by atoms with E-state index < -0.39 is 34.1 Å². The van der Waals surface area contributed by atoms with E-state index in [2.05, 4.69) is 21.2 Å². The molecule has 35 heavy (non-hydrogen) atoms. The Morgan fingerprint density at radius 3 is 2.17 bits per heavy atom. The highest BCUT2D eigenvalue weighted by Gasteiger charge is 2.33. The number of carbonyl (C=O) groups excluding carboxylic acids is 2. The van der Waals surface area contributed by atoms with E-state index in [9.17, 15) is 18.0 Å². The zero-order chi connectivity index (χ0) is 26.4. The van der Waals surface area contributed by atoms with Crippen LogP contribution in [0.2, 0.25) is 0 Å². The number of ether oxygens (including phenoxy) is 1. The lowest BCUT2D eigenvalue weighted by Gasteiger charge is -2.34. The van der Waals surface area contributed by atoms with Crippen molar-refractivity contribution in [2.45, 2.75) is 52.2 Å². The number of para-hydroxylation sites is 1. The van der Waals surface area contributed by atoms with Crippen LogP contribution in [-0.2, 0) is 26.2 Å². The van der Waals surface area contributed by atoms with E-state index in [4.69, 9.17) is 4.74 Å². The number of hydrogen-bond donors (Lipinski definition) is 1. The van der Waals surface area contributed by atoms with Gasteiger partial charge in [-0.15, -0.1) is 0 Å². The van der Waals surface area contributed by atoms with Crippen molar-refractivity contribution in [3.8, 4) is 5.75 Å². The molecule has 10 heteroatoms. The summed E-state index contributed by atoms with van der Waals surface area (Å²) in [6.07, 6.45) is 1.41. The van der Waals surface area contributed by atoms with Gasteiger partial charge in [-0.2, -0.15) is 0 Å². The molecule has 0 radical (unpaired) electrons. The number of sulfonamides is 1. The number of nitrogens with zero attached hydrogens (tertiary/aromatic N) is 2. The fraction of sp³-hybridized carbons (Fsp3) is 0.440. The molecule has 2 rings (SSSR count). The molecule has 8 nitrogen and oxygen atoms in total. The maximum atomic E-state index is 13.7. The van der Waals surface area contributed by atoms with Gasteiger partial charge in [0, 0.05) is 16.6 Å².